The van der Waals surface area contributed by atoms with Gasteiger partial charge in [-0.1, -0.05) is 0 Å². The van der Waals surface area contributed by atoms with Crippen molar-refractivity contribution >= 4 is 0 Å². The monoisotopic (exact) mass is 406 g/mol. The van der Waals surface area contributed by atoms with Crippen LogP contribution in [0.5, 0.6) is 0 Å². The van der Waals surface area contributed by atoms with Gasteiger partial charge in [0, 0.05) is 0 Å². The van der Waals surface area contributed by atoms with Crippen molar-refractivity contribution in [3.05, 3.63) is 0 Å². The van der Waals surface area contributed by atoms with Crippen LogP contribution in [0.25, 0.3) is 0 Å². The van der Waals surface area contributed by atoms with Crippen molar-refractivity contribution < 1.29 is 155 Å². The van der Waals surface area contributed by atoms with Crippen LogP contribution < -0.4 is 111 Å². The van der Waals surface area contributed by atoms with Crippen molar-refractivity contribution in [1.29, 1.82) is 0 Å². The fourth-order valence-electron chi connectivity index (χ4n) is 0. The maximum absolute atomic E-state index is 8.63. The van der Waals surface area contributed by atoms with E-state index in [9.17, 15) is 0 Å². The Morgan fingerprint density at radius 3 is 0.727 bits per heavy atom. The zero-order valence-corrected chi connectivity index (χ0v) is 14.8. The third-order valence-corrected chi connectivity index (χ3v) is 0. The van der Waals surface area contributed by atoms with E-state index in [0.717, 1.165) is 0 Å². The van der Waals surface area contributed by atoms with Gasteiger partial charge in [-0.15, -0.1) is 0 Å². The second kappa shape index (κ2) is 23.2. The van der Waals surface area contributed by atoms with Crippen molar-refractivity contribution in [3.8, 4) is 0 Å². The van der Waals surface area contributed by atoms with Crippen molar-refractivity contribution in [3.63, 3.8) is 0 Å². The van der Waals surface area contributed by atoms with E-state index >= 15 is 0 Å². The molecule has 8 N–H and O–H groups in total. The molecule has 0 radical (unpaired) electrons. The number of hydrogen-bond acceptors (Lipinski definition) is 4. The van der Waals surface area contributed by atoms with Crippen molar-refractivity contribution in [1.82, 2.24) is 0 Å². The van der Waals surface area contributed by atoms with E-state index < -0.39 is 15.7 Å². The second-order valence-corrected chi connectivity index (χ2v) is 2.89. The van der Waals surface area contributed by atoms with E-state index in [1.807, 2.05) is 0 Å². The third kappa shape index (κ3) is 158. The quantitative estimate of drug-likeness (QED) is 0.360. The molecule has 0 saturated carbocycles. The molecule has 8 nitrogen and oxygen atoms in total. The summed E-state index contributed by atoms with van der Waals surface area (Å²) in [5.74, 6) is 0. The van der Waals surface area contributed by atoms with Crippen LogP contribution >= 0.6 is 0 Å². The molecule has 0 fully saturated rings. The van der Waals surface area contributed by atoms with Crippen molar-refractivity contribution in [2.45, 2.75) is 0 Å². The molecule has 0 unspecified atom stereocenters. The summed E-state index contributed by atoms with van der Waals surface area (Å²) < 4.78 is 34.5. The normalized spacial score (nSPS) is 6.73. The van der Waals surface area contributed by atoms with Gasteiger partial charge in [0.2, 0.25) is 0 Å². The molecule has 66 valence electrons. The van der Waals surface area contributed by atoms with E-state index in [1.54, 1.807) is 0 Å². The van der Waals surface area contributed by atoms with Gasteiger partial charge in [-0.05, 0) is 0 Å². The molecule has 0 bridgehead atoms. The average molecular weight is 404 g/mol. The van der Waals surface area contributed by atoms with Gasteiger partial charge >= 0.3 is 133 Å². The van der Waals surface area contributed by atoms with E-state index in [0.29, 0.717) is 0 Å². The molecule has 0 atom stereocenters. The Morgan fingerprint density at radius 1 is 0.727 bits per heavy atom. The topological polar surface area (TPSA) is 206 Å². The minimum atomic E-state index is -6.06. The van der Waals surface area contributed by atoms with Crippen LogP contribution in [0, 0.1) is 0 Å². The SMILES string of the molecule is O.O.O.O.[K+].[K+].[O]=[Os](=[O])([O-])[O-]. The first kappa shape index (κ1) is 47.5. The Bertz CT molecular complexity index is 95.3. The summed E-state index contributed by atoms with van der Waals surface area (Å²) in [6.45, 7) is 0. The Hall–Kier alpha value is 3.27. The molecule has 0 aliphatic carbocycles. The van der Waals surface area contributed by atoms with E-state index in [4.69, 9.17) is 14.9 Å². The van der Waals surface area contributed by atoms with Crippen LogP contribution in [0.15, 0.2) is 0 Å². The fourth-order valence-corrected chi connectivity index (χ4v) is 0. The molecule has 0 aromatic carbocycles. The van der Waals surface area contributed by atoms with Crippen LogP contribution in [-0.2, 0) is 22.7 Å². The van der Waals surface area contributed by atoms with Gasteiger partial charge in [-0.2, -0.15) is 0 Å². The zero-order chi connectivity index (χ0) is 4.50. The molecule has 0 aliphatic heterocycles. The van der Waals surface area contributed by atoms with Gasteiger partial charge in [0.15, 0.2) is 0 Å². The van der Waals surface area contributed by atoms with Crippen LogP contribution in [0.2, 0.25) is 0 Å². The summed E-state index contributed by atoms with van der Waals surface area (Å²) in [7, 11) is 0. The van der Waals surface area contributed by atoms with Crippen LogP contribution in [0.3, 0.4) is 0 Å². The molecule has 0 spiro atoms. The Morgan fingerprint density at radius 2 is 0.727 bits per heavy atom. The molecule has 11 heavy (non-hydrogen) atoms. The summed E-state index contributed by atoms with van der Waals surface area (Å²) in [5.41, 5.74) is 0. The predicted octanol–water partition coefficient (Wildman–Crippen LogP) is -11.9. The number of hydrogen-bond donors (Lipinski definition) is 0. The first-order chi connectivity index (χ1) is 2.00. The molecule has 0 aromatic rings. The molecule has 0 amide bonds. The molecule has 0 aromatic heterocycles. The molecular formula is H8K2O8Os. The molecular weight excluding hydrogens is 396 g/mol. The zero-order valence-electron chi connectivity index (χ0n) is 5.99. The molecule has 11 heteroatoms. The Labute approximate surface area is 151 Å². The summed E-state index contributed by atoms with van der Waals surface area (Å²) in [6, 6.07) is 0. The van der Waals surface area contributed by atoms with Crippen molar-refractivity contribution in [2.75, 3.05) is 0 Å². The first-order valence-corrected chi connectivity index (χ1v) is 4.73. The summed E-state index contributed by atoms with van der Waals surface area (Å²) >= 11 is -6.06. The summed E-state index contributed by atoms with van der Waals surface area (Å²) in [5, 5.41) is 0. The fraction of sp³-hybridized carbons (Fsp3) is 0. The second-order valence-electron chi connectivity index (χ2n) is 0.354. The van der Waals surface area contributed by atoms with Gasteiger partial charge in [0.1, 0.15) is 0 Å². The minimum absolute atomic E-state index is 0. The van der Waals surface area contributed by atoms with Gasteiger partial charge < -0.3 is 21.9 Å². The van der Waals surface area contributed by atoms with Gasteiger partial charge in [-0.3, -0.25) is 0 Å². The van der Waals surface area contributed by atoms with Crippen LogP contribution in [0.1, 0.15) is 0 Å². The average Bonchev–Trinajstić information content (AvgIpc) is 0.722. The standard InChI is InChI=1S/2K.4H2O.4O.Os/h;;4*1H2;;;;;/q2*+1;;;;;;;2*-1;. The van der Waals surface area contributed by atoms with E-state index in [-0.39, 0.29) is 125 Å². The van der Waals surface area contributed by atoms with Gasteiger partial charge in [0.05, 0.1) is 0 Å². The Kier molecular flexibility index (Phi) is 100. The van der Waals surface area contributed by atoms with Crippen LogP contribution in [-0.4, -0.2) is 21.9 Å². The Balaban J connectivity index is -0.00000000533. The van der Waals surface area contributed by atoms with Gasteiger partial charge in [-0.25, -0.2) is 0 Å². The molecule has 0 heterocycles. The van der Waals surface area contributed by atoms with Crippen molar-refractivity contribution in [2.24, 2.45) is 0 Å². The number of rotatable bonds is 0. The van der Waals surface area contributed by atoms with Gasteiger partial charge in [0.25, 0.3) is 0 Å². The van der Waals surface area contributed by atoms with Crippen LogP contribution in [0.4, 0.5) is 0 Å². The van der Waals surface area contributed by atoms with E-state index in [1.165, 1.54) is 0 Å². The summed E-state index contributed by atoms with van der Waals surface area (Å²) in [4.78, 5) is 0. The molecule has 0 rings (SSSR count). The first-order valence-electron chi connectivity index (χ1n) is 0.577. The molecule has 0 aliphatic rings. The maximum atomic E-state index is 8.63. The summed E-state index contributed by atoms with van der Waals surface area (Å²) in [6.07, 6.45) is 0. The third-order valence-electron chi connectivity index (χ3n) is 0. The van der Waals surface area contributed by atoms with E-state index in [2.05, 4.69) is 0 Å². The molecule has 0 saturated heterocycles. The predicted molar refractivity (Wildman–Crippen MR) is 15.8 cm³/mol.